The van der Waals surface area contributed by atoms with E-state index in [1.54, 1.807) is 6.33 Å². The molecule has 0 saturated carbocycles. The second-order valence-corrected chi connectivity index (χ2v) is 7.76. The quantitative estimate of drug-likeness (QED) is 0.582. The standard InChI is InChI=1S/C20H25N5O2S/c1-5-18-17(14(4)24-27-18)10-21-19(26)11-28-20-23-22-12-25(20)16-8-6-15(7-9-16)13(2)3/h6-9,12-13H,5,10-11H2,1-4H3,(H,21,26). The summed E-state index contributed by atoms with van der Waals surface area (Å²) in [4.78, 5) is 12.3. The van der Waals surface area contributed by atoms with Gasteiger partial charge in [0.05, 0.1) is 11.4 Å². The fourth-order valence-corrected chi connectivity index (χ4v) is 3.59. The molecule has 0 fully saturated rings. The molecule has 0 bridgehead atoms. The van der Waals surface area contributed by atoms with Crippen LogP contribution in [0, 0.1) is 6.92 Å². The number of nitrogens with zero attached hydrogens (tertiary/aromatic N) is 4. The van der Waals surface area contributed by atoms with Crippen LogP contribution in [0.15, 0.2) is 40.3 Å². The van der Waals surface area contributed by atoms with Crippen molar-refractivity contribution in [3.63, 3.8) is 0 Å². The lowest BCUT2D eigenvalue weighted by Crippen LogP contribution is -2.25. The number of hydrogen-bond acceptors (Lipinski definition) is 6. The van der Waals surface area contributed by atoms with E-state index in [9.17, 15) is 4.79 Å². The summed E-state index contributed by atoms with van der Waals surface area (Å²) in [6.07, 6.45) is 2.41. The van der Waals surface area contributed by atoms with Crippen LogP contribution in [0.2, 0.25) is 0 Å². The molecule has 2 aromatic heterocycles. The number of amides is 1. The molecule has 0 aliphatic carbocycles. The summed E-state index contributed by atoms with van der Waals surface area (Å²) in [5.41, 5.74) is 4.02. The predicted octanol–water partition coefficient (Wildman–Crippen LogP) is 3.66. The normalized spacial score (nSPS) is 11.2. The van der Waals surface area contributed by atoms with Gasteiger partial charge in [-0.05, 0) is 30.5 Å². The summed E-state index contributed by atoms with van der Waals surface area (Å²) in [5.74, 6) is 1.48. The number of carbonyl (C=O) groups is 1. The van der Waals surface area contributed by atoms with Crippen LogP contribution in [0.5, 0.6) is 0 Å². The number of carbonyl (C=O) groups excluding carboxylic acids is 1. The predicted molar refractivity (Wildman–Crippen MR) is 109 cm³/mol. The van der Waals surface area contributed by atoms with Crippen molar-refractivity contribution in [2.24, 2.45) is 0 Å². The van der Waals surface area contributed by atoms with Gasteiger partial charge in [0.1, 0.15) is 12.1 Å². The van der Waals surface area contributed by atoms with Crippen LogP contribution < -0.4 is 5.32 Å². The highest BCUT2D eigenvalue weighted by atomic mass is 32.2. The summed E-state index contributed by atoms with van der Waals surface area (Å²) in [5, 5.41) is 15.7. The Balaban J connectivity index is 1.59. The van der Waals surface area contributed by atoms with Crippen LogP contribution in [0.25, 0.3) is 5.69 Å². The second-order valence-electron chi connectivity index (χ2n) is 6.82. The minimum Gasteiger partial charge on any atom is -0.361 e. The van der Waals surface area contributed by atoms with Crippen molar-refractivity contribution < 1.29 is 9.32 Å². The van der Waals surface area contributed by atoms with Crippen LogP contribution in [-0.4, -0.2) is 31.6 Å². The Bertz CT molecular complexity index is 930. The molecule has 28 heavy (non-hydrogen) atoms. The summed E-state index contributed by atoms with van der Waals surface area (Å²) < 4.78 is 7.15. The van der Waals surface area contributed by atoms with E-state index in [2.05, 4.69) is 46.7 Å². The molecule has 1 amide bonds. The summed E-state index contributed by atoms with van der Waals surface area (Å²) >= 11 is 1.36. The van der Waals surface area contributed by atoms with Crippen molar-refractivity contribution in [2.45, 2.75) is 51.7 Å². The zero-order chi connectivity index (χ0) is 20.1. The van der Waals surface area contributed by atoms with Gasteiger partial charge in [-0.15, -0.1) is 10.2 Å². The molecule has 0 radical (unpaired) electrons. The van der Waals surface area contributed by atoms with Crippen molar-refractivity contribution in [2.75, 3.05) is 5.75 Å². The second kappa shape index (κ2) is 9.05. The summed E-state index contributed by atoms with van der Waals surface area (Å²) in [7, 11) is 0. The van der Waals surface area contributed by atoms with Gasteiger partial charge in [-0.3, -0.25) is 9.36 Å². The Morgan fingerprint density at radius 2 is 2.04 bits per heavy atom. The van der Waals surface area contributed by atoms with Crippen LogP contribution in [0.1, 0.15) is 49.3 Å². The molecular formula is C20H25N5O2S. The first-order valence-electron chi connectivity index (χ1n) is 9.33. The maximum absolute atomic E-state index is 12.3. The SMILES string of the molecule is CCc1onc(C)c1CNC(=O)CSc1nncn1-c1ccc(C(C)C)cc1. The molecule has 0 saturated heterocycles. The highest BCUT2D eigenvalue weighted by molar-refractivity contribution is 7.99. The van der Waals surface area contributed by atoms with E-state index in [0.29, 0.717) is 17.6 Å². The Labute approximate surface area is 168 Å². The Hall–Kier alpha value is -2.61. The molecule has 3 aromatic rings. The highest BCUT2D eigenvalue weighted by Gasteiger charge is 2.14. The molecular weight excluding hydrogens is 374 g/mol. The van der Waals surface area contributed by atoms with Gasteiger partial charge in [0.15, 0.2) is 5.16 Å². The van der Waals surface area contributed by atoms with E-state index < -0.39 is 0 Å². The van der Waals surface area contributed by atoms with E-state index >= 15 is 0 Å². The maximum Gasteiger partial charge on any atom is 0.230 e. The van der Waals surface area contributed by atoms with E-state index in [1.165, 1.54) is 17.3 Å². The van der Waals surface area contributed by atoms with E-state index in [1.807, 2.05) is 30.5 Å². The minimum absolute atomic E-state index is 0.0719. The van der Waals surface area contributed by atoms with Crippen LogP contribution in [0.4, 0.5) is 0 Å². The van der Waals surface area contributed by atoms with Gasteiger partial charge in [0.25, 0.3) is 0 Å². The molecule has 8 heteroatoms. The van der Waals surface area contributed by atoms with Crippen LogP contribution in [-0.2, 0) is 17.8 Å². The number of aromatic nitrogens is 4. The van der Waals surface area contributed by atoms with Gasteiger partial charge in [0.2, 0.25) is 5.91 Å². The number of aryl methyl sites for hydroxylation is 2. The van der Waals surface area contributed by atoms with Gasteiger partial charge in [-0.25, -0.2) is 0 Å². The fraction of sp³-hybridized carbons (Fsp3) is 0.400. The lowest BCUT2D eigenvalue weighted by Gasteiger charge is -2.09. The van der Waals surface area contributed by atoms with Crippen molar-refractivity contribution in [1.29, 1.82) is 0 Å². The third kappa shape index (κ3) is 4.62. The summed E-state index contributed by atoms with van der Waals surface area (Å²) in [6.45, 7) is 8.63. The molecule has 2 heterocycles. The maximum atomic E-state index is 12.3. The van der Waals surface area contributed by atoms with Gasteiger partial charge < -0.3 is 9.84 Å². The molecule has 0 spiro atoms. The van der Waals surface area contributed by atoms with E-state index in [4.69, 9.17) is 4.52 Å². The van der Waals surface area contributed by atoms with Gasteiger partial charge in [0, 0.05) is 24.2 Å². The Morgan fingerprint density at radius 3 is 2.71 bits per heavy atom. The van der Waals surface area contributed by atoms with Crippen LogP contribution >= 0.6 is 11.8 Å². The van der Waals surface area contributed by atoms with Crippen molar-refractivity contribution >= 4 is 17.7 Å². The number of hydrogen-bond donors (Lipinski definition) is 1. The molecule has 1 aromatic carbocycles. The van der Waals surface area contributed by atoms with Gasteiger partial charge in [-0.2, -0.15) is 0 Å². The number of nitrogens with one attached hydrogen (secondary N) is 1. The zero-order valence-electron chi connectivity index (χ0n) is 16.6. The first-order valence-corrected chi connectivity index (χ1v) is 10.3. The molecule has 3 rings (SSSR count). The monoisotopic (exact) mass is 399 g/mol. The number of benzene rings is 1. The molecule has 1 N–H and O–H groups in total. The van der Waals surface area contributed by atoms with Crippen molar-refractivity contribution in [3.05, 3.63) is 53.2 Å². The average molecular weight is 400 g/mol. The largest absolute Gasteiger partial charge is 0.361 e. The zero-order valence-corrected chi connectivity index (χ0v) is 17.4. The smallest absolute Gasteiger partial charge is 0.230 e. The topological polar surface area (TPSA) is 85.8 Å². The summed E-state index contributed by atoms with van der Waals surface area (Å²) in [6, 6.07) is 8.30. The van der Waals surface area contributed by atoms with Crippen molar-refractivity contribution in [3.8, 4) is 5.69 Å². The molecule has 0 aliphatic rings. The van der Waals surface area contributed by atoms with Gasteiger partial charge in [-0.1, -0.05) is 49.8 Å². The molecule has 0 aliphatic heterocycles. The molecule has 0 unspecified atom stereocenters. The molecule has 0 atom stereocenters. The first kappa shape index (κ1) is 20.1. The Kier molecular flexibility index (Phi) is 6.51. The Morgan fingerprint density at radius 1 is 1.29 bits per heavy atom. The van der Waals surface area contributed by atoms with Crippen molar-refractivity contribution in [1.82, 2.24) is 25.2 Å². The third-order valence-electron chi connectivity index (χ3n) is 4.54. The first-order chi connectivity index (χ1) is 13.5. The minimum atomic E-state index is -0.0719. The van der Waals surface area contributed by atoms with E-state index in [-0.39, 0.29) is 11.7 Å². The van der Waals surface area contributed by atoms with Crippen LogP contribution in [0.3, 0.4) is 0 Å². The lowest BCUT2D eigenvalue weighted by molar-refractivity contribution is -0.118. The molecule has 7 nitrogen and oxygen atoms in total. The van der Waals surface area contributed by atoms with Gasteiger partial charge >= 0.3 is 0 Å². The fourth-order valence-electron chi connectivity index (χ4n) is 2.83. The average Bonchev–Trinajstić information content (AvgIpc) is 3.31. The number of rotatable bonds is 8. The third-order valence-corrected chi connectivity index (χ3v) is 5.48. The highest BCUT2D eigenvalue weighted by Crippen LogP contribution is 2.22. The number of thioether (sulfide) groups is 1. The lowest BCUT2D eigenvalue weighted by atomic mass is 10.0. The molecule has 148 valence electrons. The van der Waals surface area contributed by atoms with E-state index in [0.717, 1.165) is 29.1 Å².